The molecule has 0 saturated carbocycles. The van der Waals surface area contributed by atoms with E-state index in [1.807, 2.05) is 81.8 Å². The summed E-state index contributed by atoms with van der Waals surface area (Å²) in [6, 6.07) is 15.4. The minimum atomic E-state index is -0.120. The number of aryl methyl sites for hydroxylation is 4. The van der Waals surface area contributed by atoms with Crippen molar-refractivity contribution in [2.45, 2.75) is 41.2 Å². The molecule has 2 aromatic carbocycles. The molecule has 0 saturated heterocycles. The van der Waals surface area contributed by atoms with Crippen LogP contribution in [0.15, 0.2) is 57.7 Å². The maximum atomic E-state index is 13.3. The van der Waals surface area contributed by atoms with Crippen LogP contribution in [0.5, 0.6) is 0 Å². The quantitative estimate of drug-likeness (QED) is 0.317. The number of benzene rings is 2. The van der Waals surface area contributed by atoms with Gasteiger partial charge in [-0.05, 0) is 70.0 Å². The maximum Gasteiger partial charge on any atom is 0.252 e. The summed E-state index contributed by atoms with van der Waals surface area (Å²) >= 11 is 6.41. The third-order valence-corrected chi connectivity index (χ3v) is 6.63. The van der Waals surface area contributed by atoms with Gasteiger partial charge in [0, 0.05) is 22.0 Å². The number of aromatic nitrogens is 4. The number of pyridine rings is 1. The Hall–Kier alpha value is -3.64. The molecule has 7 heteroatoms. The summed E-state index contributed by atoms with van der Waals surface area (Å²) in [5, 5.41) is 6.40. The van der Waals surface area contributed by atoms with Gasteiger partial charge in [-0.25, -0.2) is 9.67 Å². The molecule has 0 unspecified atom stereocenters. The monoisotopic (exact) mass is 472 g/mol. The molecule has 0 aliphatic heterocycles. The number of oxazole rings is 1. The zero-order valence-electron chi connectivity index (χ0n) is 19.8. The van der Waals surface area contributed by atoms with Crippen molar-refractivity contribution in [3.05, 3.63) is 97.7 Å². The predicted molar refractivity (Wildman–Crippen MR) is 135 cm³/mol. The summed E-state index contributed by atoms with van der Waals surface area (Å²) in [4.78, 5) is 18.0. The summed E-state index contributed by atoms with van der Waals surface area (Å²) < 4.78 is 9.52. The second-order valence-electron chi connectivity index (χ2n) is 8.72. The Bertz CT molecular complexity index is 1620. The molecule has 6 nitrogen and oxygen atoms in total. The van der Waals surface area contributed by atoms with E-state index in [4.69, 9.17) is 26.1 Å². The summed E-state index contributed by atoms with van der Waals surface area (Å²) in [6.07, 6.45) is 0. The molecule has 34 heavy (non-hydrogen) atoms. The van der Waals surface area contributed by atoms with Crippen molar-refractivity contribution in [2.75, 3.05) is 0 Å². The molecule has 0 spiro atoms. The van der Waals surface area contributed by atoms with Crippen molar-refractivity contribution in [3.63, 3.8) is 0 Å². The van der Waals surface area contributed by atoms with E-state index in [0.29, 0.717) is 28.0 Å². The van der Waals surface area contributed by atoms with E-state index >= 15 is 0 Å². The first-order chi connectivity index (χ1) is 16.2. The van der Waals surface area contributed by atoms with E-state index in [2.05, 4.69) is 0 Å². The number of fused-ring (bicyclic) bond motifs is 1. The molecule has 0 fully saturated rings. The van der Waals surface area contributed by atoms with E-state index < -0.39 is 0 Å². The van der Waals surface area contributed by atoms with Crippen LogP contribution in [0.3, 0.4) is 0 Å². The minimum Gasteiger partial charge on any atom is -0.441 e. The zero-order valence-corrected chi connectivity index (χ0v) is 20.6. The average Bonchev–Trinajstić information content (AvgIpc) is 3.33. The second kappa shape index (κ2) is 8.29. The fourth-order valence-electron chi connectivity index (χ4n) is 4.44. The predicted octanol–water partition coefficient (Wildman–Crippen LogP) is 6.09. The average molecular weight is 473 g/mol. The standard InChI is InChI=1S/C27H25ClN4O2/c1-15-8-6-9-20(12-15)26-29-22(19(5)34-26)14-31-24(33)13-16(2)25-18(4)30-32(27(25)31)23-11-7-10-21(28)17(23)3/h6-13H,14H2,1-5H3. The third-order valence-electron chi connectivity index (χ3n) is 6.22. The topological polar surface area (TPSA) is 65.8 Å². The molecule has 0 bridgehead atoms. The van der Waals surface area contributed by atoms with Crippen molar-refractivity contribution in [2.24, 2.45) is 0 Å². The molecule has 5 rings (SSSR count). The largest absolute Gasteiger partial charge is 0.441 e. The minimum absolute atomic E-state index is 0.120. The number of rotatable bonds is 4. The van der Waals surface area contributed by atoms with Gasteiger partial charge in [0.15, 0.2) is 0 Å². The van der Waals surface area contributed by atoms with Crippen LogP contribution in [-0.2, 0) is 6.54 Å². The van der Waals surface area contributed by atoms with Gasteiger partial charge in [0.25, 0.3) is 5.56 Å². The van der Waals surface area contributed by atoms with E-state index in [1.54, 1.807) is 10.6 Å². The van der Waals surface area contributed by atoms with Crippen molar-refractivity contribution >= 4 is 22.6 Å². The molecular weight excluding hydrogens is 448 g/mol. The van der Waals surface area contributed by atoms with Crippen LogP contribution in [0.4, 0.5) is 0 Å². The maximum absolute atomic E-state index is 13.3. The van der Waals surface area contributed by atoms with E-state index in [1.165, 1.54) is 0 Å². The Morgan fingerprint density at radius 3 is 2.53 bits per heavy atom. The first-order valence-corrected chi connectivity index (χ1v) is 11.5. The second-order valence-corrected chi connectivity index (χ2v) is 9.13. The Labute approximate surface area is 202 Å². The lowest BCUT2D eigenvalue weighted by molar-refractivity contribution is 0.537. The highest BCUT2D eigenvalue weighted by atomic mass is 35.5. The number of hydrogen-bond acceptors (Lipinski definition) is 4. The van der Waals surface area contributed by atoms with Gasteiger partial charge >= 0.3 is 0 Å². The van der Waals surface area contributed by atoms with Crippen LogP contribution >= 0.6 is 11.6 Å². The van der Waals surface area contributed by atoms with E-state index in [-0.39, 0.29) is 12.1 Å². The van der Waals surface area contributed by atoms with Crippen LogP contribution < -0.4 is 5.56 Å². The summed E-state index contributed by atoms with van der Waals surface area (Å²) in [6.45, 7) is 10.0. The number of halogens is 1. The first kappa shape index (κ1) is 22.2. The highest BCUT2D eigenvalue weighted by Crippen LogP contribution is 2.29. The molecule has 172 valence electrons. The molecule has 0 atom stereocenters. The summed E-state index contributed by atoms with van der Waals surface area (Å²) in [5.74, 6) is 1.22. The van der Waals surface area contributed by atoms with Crippen LogP contribution in [0.25, 0.3) is 28.2 Å². The lowest BCUT2D eigenvalue weighted by atomic mass is 10.1. The van der Waals surface area contributed by atoms with Crippen molar-refractivity contribution in [3.8, 4) is 17.1 Å². The van der Waals surface area contributed by atoms with Crippen molar-refractivity contribution < 1.29 is 4.42 Å². The molecule has 5 aromatic rings. The molecular formula is C27H25ClN4O2. The molecule has 3 aromatic heterocycles. The van der Waals surface area contributed by atoms with Crippen molar-refractivity contribution in [1.82, 2.24) is 19.3 Å². The van der Waals surface area contributed by atoms with Crippen LogP contribution in [0.1, 0.15) is 33.8 Å². The molecule has 0 aliphatic rings. The van der Waals surface area contributed by atoms with E-state index in [9.17, 15) is 4.79 Å². The number of nitrogens with zero attached hydrogens (tertiary/aromatic N) is 4. The lowest BCUT2D eigenvalue weighted by Gasteiger charge is -2.13. The fourth-order valence-corrected chi connectivity index (χ4v) is 4.61. The van der Waals surface area contributed by atoms with Gasteiger partial charge in [-0.1, -0.05) is 35.4 Å². The summed E-state index contributed by atoms with van der Waals surface area (Å²) in [5.41, 5.74) is 6.80. The summed E-state index contributed by atoms with van der Waals surface area (Å²) in [7, 11) is 0. The van der Waals surface area contributed by atoms with Gasteiger partial charge < -0.3 is 4.42 Å². The van der Waals surface area contributed by atoms with Gasteiger partial charge in [-0.3, -0.25) is 9.36 Å². The third kappa shape index (κ3) is 3.64. The Balaban J connectivity index is 1.71. The van der Waals surface area contributed by atoms with Gasteiger partial charge in [0.05, 0.1) is 17.9 Å². The fraction of sp³-hybridized carbons (Fsp3) is 0.222. The van der Waals surface area contributed by atoms with Gasteiger partial charge in [0.1, 0.15) is 17.1 Å². The highest BCUT2D eigenvalue weighted by Gasteiger charge is 2.21. The molecule has 0 radical (unpaired) electrons. The van der Waals surface area contributed by atoms with Gasteiger partial charge in [-0.2, -0.15) is 5.10 Å². The van der Waals surface area contributed by atoms with Crippen molar-refractivity contribution in [1.29, 1.82) is 0 Å². The van der Waals surface area contributed by atoms with E-state index in [0.717, 1.165) is 39.0 Å². The van der Waals surface area contributed by atoms with Gasteiger partial charge in [0.2, 0.25) is 5.89 Å². The molecule has 0 aliphatic carbocycles. The smallest absolute Gasteiger partial charge is 0.252 e. The number of hydrogen-bond donors (Lipinski definition) is 0. The molecule has 0 N–H and O–H groups in total. The van der Waals surface area contributed by atoms with Crippen LogP contribution in [0, 0.1) is 34.6 Å². The molecule has 0 amide bonds. The lowest BCUT2D eigenvalue weighted by Crippen LogP contribution is -2.23. The highest BCUT2D eigenvalue weighted by molar-refractivity contribution is 6.31. The SMILES string of the molecule is Cc1cccc(-c2nc(Cn3c(=O)cc(C)c4c(C)nn(-c5cccc(Cl)c5C)c43)c(C)o2)c1. The Morgan fingerprint density at radius 2 is 1.76 bits per heavy atom. The van der Waals surface area contributed by atoms with Crippen LogP contribution in [0.2, 0.25) is 5.02 Å². The zero-order chi connectivity index (χ0) is 24.1. The normalized spacial score (nSPS) is 11.5. The molecule has 3 heterocycles. The van der Waals surface area contributed by atoms with Gasteiger partial charge in [-0.15, -0.1) is 0 Å². The first-order valence-electron chi connectivity index (χ1n) is 11.1. The Kier molecular flexibility index (Phi) is 5.41. The van der Waals surface area contributed by atoms with Crippen LogP contribution in [-0.4, -0.2) is 19.3 Å². The Morgan fingerprint density at radius 1 is 1.00 bits per heavy atom.